The standard InChI is InChI=1S/C25H27N7O2/c1-32(20-6-8-23-19(13-20)14-24(34-23)25(33)30-31-27)11-10-28-9-3-2-4-18-16-29-22-7-5-17(15-26)12-21(18)22/h5-8,12-14,16,28-29H,2-4,9-11H2,1H3,(H2,27,30,33). The van der Waals surface area contributed by atoms with Gasteiger partial charge in [-0.25, -0.2) is 5.43 Å². The van der Waals surface area contributed by atoms with Crippen LogP contribution in [0.4, 0.5) is 5.69 Å². The van der Waals surface area contributed by atoms with E-state index in [1.54, 1.807) is 6.07 Å². The summed E-state index contributed by atoms with van der Waals surface area (Å²) in [5.74, 6) is -0.410. The fraction of sp³-hybridized carbons (Fsp3) is 0.280. The number of carbonyl (C=O) groups is 1. The third-order valence-corrected chi connectivity index (χ3v) is 5.89. The molecule has 0 bridgehead atoms. The summed E-state index contributed by atoms with van der Waals surface area (Å²) in [6.45, 7) is 2.64. The molecule has 0 spiro atoms. The number of aromatic amines is 1. The fourth-order valence-electron chi connectivity index (χ4n) is 4.01. The summed E-state index contributed by atoms with van der Waals surface area (Å²) in [6.07, 6.45) is 5.18. The zero-order chi connectivity index (χ0) is 23.9. The number of nitriles is 1. The molecule has 34 heavy (non-hydrogen) atoms. The van der Waals surface area contributed by atoms with Crippen molar-refractivity contribution in [2.75, 3.05) is 31.6 Å². The molecule has 9 nitrogen and oxygen atoms in total. The normalized spacial score (nSPS) is 10.9. The third-order valence-electron chi connectivity index (χ3n) is 5.89. The second-order valence-electron chi connectivity index (χ2n) is 8.20. The highest BCUT2D eigenvalue weighted by Crippen LogP contribution is 2.25. The Morgan fingerprint density at radius 3 is 2.91 bits per heavy atom. The lowest BCUT2D eigenvalue weighted by molar-refractivity contribution is 0.0925. The number of fused-ring (bicyclic) bond motifs is 2. The summed E-state index contributed by atoms with van der Waals surface area (Å²) in [7, 11) is 2.03. The first-order chi connectivity index (χ1) is 16.6. The smallest absolute Gasteiger partial charge is 0.308 e. The van der Waals surface area contributed by atoms with Crippen LogP contribution in [-0.4, -0.2) is 37.6 Å². The van der Waals surface area contributed by atoms with Crippen LogP contribution >= 0.6 is 0 Å². The number of hydrogen-bond acceptors (Lipinski definition) is 7. The molecule has 2 heterocycles. The summed E-state index contributed by atoms with van der Waals surface area (Å²) in [5, 5.41) is 17.5. The number of likely N-dealkylation sites (N-methyl/N-ethyl adjacent to an activating group) is 1. The van der Waals surface area contributed by atoms with Crippen molar-refractivity contribution in [1.82, 2.24) is 15.7 Å². The van der Waals surface area contributed by atoms with Gasteiger partial charge >= 0.3 is 5.91 Å². The Bertz CT molecular complexity index is 1350. The van der Waals surface area contributed by atoms with Crippen molar-refractivity contribution >= 4 is 33.5 Å². The van der Waals surface area contributed by atoms with Gasteiger partial charge in [0.25, 0.3) is 0 Å². The topological polar surface area (TPSA) is 133 Å². The van der Waals surface area contributed by atoms with Crippen molar-refractivity contribution in [2.24, 2.45) is 5.22 Å². The van der Waals surface area contributed by atoms with Crippen LogP contribution < -0.4 is 15.6 Å². The summed E-state index contributed by atoms with van der Waals surface area (Å²) < 4.78 is 5.51. The zero-order valence-electron chi connectivity index (χ0n) is 19.0. The molecule has 174 valence electrons. The van der Waals surface area contributed by atoms with E-state index in [-0.39, 0.29) is 5.76 Å². The summed E-state index contributed by atoms with van der Waals surface area (Å²) in [4.78, 5) is 17.2. The first-order valence-corrected chi connectivity index (χ1v) is 11.2. The van der Waals surface area contributed by atoms with E-state index in [4.69, 9.17) is 15.2 Å². The monoisotopic (exact) mass is 457 g/mol. The lowest BCUT2D eigenvalue weighted by atomic mass is 10.1. The maximum Gasteiger partial charge on any atom is 0.308 e. The minimum Gasteiger partial charge on any atom is -0.451 e. The summed E-state index contributed by atoms with van der Waals surface area (Å²) in [6, 6.07) is 15.4. The number of aryl methyl sites for hydroxylation is 1. The Balaban J connectivity index is 1.20. The van der Waals surface area contributed by atoms with E-state index in [1.807, 2.05) is 49.6 Å². The highest BCUT2D eigenvalue weighted by atomic mass is 16.3. The van der Waals surface area contributed by atoms with Gasteiger partial charge in [0.2, 0.25) is 0 Å². The number of hydrogen-bond donors (Lipinski definition) is 4. The van der Waals surface area contributed by atoms with E-state index in [0.717, 1.165) is 60.9 Å². The molecule has 4 N–H and O–H groups in total. The Labute approximate surface area is 197 Å². The van der Waals surface area contributed by atoms with Gasteiger partial charge in [-0.15, -0.1) is 0 Å². The second kappa shape index (κ2) is 10.6. The SMILES string of the molecule is CN(CCNCCCCc1c[nH]c2ccc(C#N)cc12)c1ccc2oc(C(=O)NN=N)cc2c1. The van der Waals surface area contributed by atoms with Gasteiger partial charge in [0, 0.05) is 48.3 Å². The lowest BCUT2D eigenvalue weighted by Gasteiger charge is -2.19. The van der Waals surface area contributed by atoms with Crippen LogP contribution in [0.25, 0.3) is 21.9 Å². The van der Waals surface area contributed by atoms with Gasteiger partial charge in [0.15, 0.2) is 5.76 Å². The van der Waals surface area contributed by atoms with E-state index < -0.39 is 5.91 Å². The number of nitrogens with one attached hydrogen (secondary N) is 4. The van der Waals surface area contributed by atoms with Crippen LogP contribution in [0.15, 0.2) is 58.3 Å². The van der Waals surface area contributed by atoms with Crippen molar-refractivity contribution in [1.29, 1.82) is 10.8 Å². The number of carbonyl (C=O) groups excluding carboxylic acids is 1. The molecule has 1 amide bonds. The Hall–Kier alpha value is -4.16. The van der Waals surface area contributed by atoms with E-state index >= 15 is 0 Å². The van der Waals surface area contributed by atoms with Crippen molar-refractivity contribution in [3.8, 4) is 6.07 Å². The molecular formula is C25H27N7O2. The Kier molecular flexibility index (Phi) is 7.20. The summed E-state index contributed by atoms with van der Waals surface area (Å²) >= 11 is 0. The van der Waals surface area contributed by atoms with Crippen molar-refractivity contribution in [2.45, 2.75) is 19.3 Å². The number of rotatable bonds is 11. The molecule has 0 aliphatic carbocycles. The lowest BCUT2D eigenvalue weighted by Crippen LogP contribution is -2.29. The molecule has 0 aliphatic heterocycles. The molecule has 0 unspecified atom stereocenters. The third kappa shape index (κ3) is 5.24. The van der Waals surface area contributed by atoms with Gasteiger partial charge in [0.1, 0.15) is 5.58 Å². The van der Waals surface area contributed by atoms with Gasteiger partial charge in [-0.1, -0.05) is 5.22 Å². The van der Waals surface area contributed by atoms with Crippen LogP contribution in [0.2, 0.25) is 0 Å². The molecule has 0 saturated heterocycles. The van der Waals surface area contributed by atoms with E-state index in [0.29, 0.717) is 11.1 Å². The van der Waals surface area contributed by atoms with Crippen molar-refractivity contribution < 1.29 is 9.21 Å². The molecule has 0 aliphatic rings. The fourth-order valence-corrected chi connectivity index (χ4v) is 4.01. The van der Waals surface area contributed by atoms with Crippen LogP contribution in [0, 0.1) is 16.9 Å². The molecule has 0 fully saturated rings. The zero-order valence-corrected chi connectivity index (χ0v) is 19.0. The highest BCUT2D eigenvalue weighted by molar-refractivity contribution is 5.96. The quantitative estimate of drug-likeness (QED) is 0.149. The number of unbranched alkanes of at least 4 members (excludes halogenated alkanes) is 1. The number of nitrogens with zero attached hydrogens (tertiary/aromatic N) is 3. The molecule has 4 aromatic rings. The largest absolute Gasteiger partial charge is 0.451 e. The van der Waals surface area contributed by atoms with Crippen molar-refractivity contribution in [3.63, 3.8) is 0 Å². The molecule has 2 aromatic carbocycles. The van der Waals surface area contributed by atoms with E-state index in [9.17, 15) is 4.79 Å². The number of aromatic nitrogens is 1. The number of H-pyrrole nitrogens is 1. The molecule has 0 radical (unpaired) electrons. The van der Waals surface area contributed by atoms with Gasteiger partial charge in [-0.05, 0) is 73.8 Å². The average molecular weight is 458 g/mol. The van der Waals surface area contributed by atoms with Gasteiger partial charge < -0.3 is 19.6 Å². The molecule has 0 saturated carbocycles. The maximum atomic E-state index is 11.8. The number of furan rings is 1. The predicted molar refractivity (Wildman–Crippen MR) is 131 cm³/mol. The minimum atomic E-state index is -0.540. The van der Waals surface area contributed by atoms with E-state index in [2.05, 4.69) is 31.9 Å². The van der Waals surface area contributed by atoms with E-state index in [1.165, 1.54) is 5.56 Å². The molecule has 4 rings (SSSR count). The molecule has 2 aromatic heterocycles. The highest BCUT2D eigenvalue weighted by Gasteiger charge is 2.13. The van der Waals surface area contributed by atoms with Crippen LogP contribution in [0.3, 0.4) is 0 Å². The number of benzene rings is 2. The van der Waals surface area contributed by atoms with Gasteiger partial charge in [0.05, 0.1) is 11.6 Å². The van der Waals surface area contributed by atoms with Gasteiger partial charge in [-0.2, -0.15) is 10.8 Å². The number of amides is 1. The molecule has 9 heteroatoms. The van der Waals surface area contributed by atoms with Crippen LogP contribution in [0.1, 0.15) is 34.5 Å². The Morgan fingerprint density at radius 2 is 2.09 bits per heavy atom. The van der Waals surface area contributed by atoms with Crippen LogP contribution in [0.5, 0.6) is 0 Å². The van der Waals surface area contributed by atoms with Crippen molar-refractivity contribution in [3.05, 3.63) is 65.5 Å². The minimum absolute atomic E-state index is 0.130. The first kappa shape index (κ1) is 23.0. The van der Waals surface area contributed by atoms with Crippen LogP contribution in [-0.2, 0) is 6.42 Å². The predicted octanol–water partition coefficient (Wildman–Crippen LogP) is 4.51. The number of anilines is 1. The second-order valence-corrected chi connectivity index (χ2v) is 8.20. The van der Waals surface area contributed by atoms with Gasteiger partial charge in [-0.3, -0.25) is 4.79 Å². The first-order valence-electron chi connectivity index (χ1n) is 11.2. The Morgan fingerprint density at radius 1 is 1.21 bits per heavy atom. The average Bonchev–Trinajstić information content (AvgIpc) is 3.46. The maximum absolute atomic E-state index is 11.8. The molecular weight excluding hydrogens is 430 g/mol. The summed E-state index contributed by atoms with van der Waals surface area (Å²) in [5.41, 5.74) is 13.5. The molecule has 0 atom stereocenters.